The first kappa shape index (κ1) is 22.4. The van der Waals surface area contributed by atoms with E-state index in [1.54, 1.807) is 30.2 Å². The first-order valence-electron chi connectivity index (χ1n) is 10.7. The smallest absolute Gasteiger partial charge is 0.251 e. The minimum Gasteiger partial charge on any atom is -0.346 e. The molecule has 170 valence electrons. The molecule has 0 fully saturated rings. The van der Waals surface area contributed by atoms with Gasteiger partial charge in [0.05, 0.1) is 23.7 Å². The first-order valence-corrected chi connectivity index (χ1v) is 11.5. The summed E-state index contributed by atoms with van der Waals surface area (Å²) < 4.78 is 1.63. The number of aryl methyl sites for hydroxylation is 2. The Balaban J connectivity index is 1.84. The molecule has 34 heavy (non-hydrogen) atoms. The van der Waals surface area contributed by atoms with Crippen LogP contribution in [0.4, 0.5) is 0 Å². The summed E-state index contributed by atoms with van der Waals surface area (Å²) in [6.07, 6.45) is 3.35. The van der Waals surface area contributed by atoms with Gasteiger partial charge >= 0.3 is 0 Å². The van der Waals surface area contributed by atoms with Gasteiger partial charge in [-0.05, 0) is 71.1 Å². The van der Waals surface area contributed by atoms with E-state index in [9.17, 15) is 4.79 Å². The molecule has 0 amide bonds. The molecule has 0 radical (unpaired) electrons. The molecular weight excluding hydrogens is 467 g/mol. The maximum Gasteiger partial charge on any atom is 0.251 e. The molecular formula is C27H22Cl2N4O. The lowest BCUT2D eigenvalue weighted by Crippen LogP contribution is -2.40. The molecule has 0 bridgehead atoms. The number of rotatable bonds is 4. The minimum atomic E-state index is -1.03. The standard InChI is InChI=1S/C27H22Cl2N4O/c1-16-10-20(29)7-8-23(16)27(30,25-14-31-15-32-25)18-6-9-24-22(12-18)21(13-26(34)33(24)2)17-4-3-5-19(28)11-17/h3-15H,30H2,1-2H3,(H,31,32)/t27-/m0/s1. The van der Waals surface area contributed by atoms with Crippen LogP contribution in [0.5, 0.6) is 0 Å². The van der Waals surface area contributed by atoms with Gasteiger partial charge < -0.3 is 15.3 Å². The maximum absolute atomic E-state index is 12.8. The van der Waals surface area contributed by atoms with E-state index in [2.05, 4.69) is 9.97 Å². The Bertz CT molecular complexity index is 1590. The van der Waals surface area contributed by atoms with Gasteiger partial charge in [-0.15, -0.1) is 0 Å². The molecule has 0 saturated carbocycles. The summed E-state index contributed by atoms with van der Waals surface area (Å²) in [7, 11) is 1.76. The molecule has 5 aromatic rings. The van der Waals surface area contributed by atoms with Crippen LogP contribution in [0.25, 0.3) is 22.0 Å². The Kier molecular flexibility index (Phi) is 5.56. The highest BCUT2D eigenvalue weighted by molar-refractivity contribution is 6.31. The fourth-order valence-corrected chi connectivity index (χ4v) is 5.02. The van der Waals surface area contributed by atoms with Gasteiger partial charge in [0.1, 0.15) is 5.54 Å². The van der Waals surface area contributed by atoms with Crippen LogP contribution in [-0.4, -0.2) is 14.5 Å². The summed E-state index contributed by atoms with van der Waals surface area (Å²) in [4.78, 5) is 20.2. The molecule has 5 nitrogen and oxygen atoms in total. The van der Waals surface area contributed by atoms with E-state index in [0.29, 0.717) is 10.0 Å². The third-order valence-electron chi connectivity index (χ3n) is 6.37. The van der Waals surface area contributed by atoms with Crippen molar-refractivity contribution >= 4 is 34.1 Å². The van der Waals surface area contributed by atoms with Gasteiger partial charge in [-0.2, -0.15) is 0 Å². The maximum atomic E-state index is 12.8. The summed E-state index contributed by atoms with van der Waals surface area (Å²) >= 11 is 12.5. The van der Waals surface area contributed by atoms with Crippen molar-refractivity contribution in [3.8, 4) is 11.1 Å². The third kappa shape index (κ3) is 3.62. The Morgan fingerprint density at radius 3 is 2.50 bits per heavy atom. The summed E-state index contributed by atoms with van der Waals surface area (Å²) in [5.41, 5.74) is 12.0. The molecule has 3 N–H and O–H groups in total. The first-order chi connectivity index (χ1) is 16.3. The van der Waals surface area contributed by atoms with E-state index in [4.69, 9.17) is 28.9 Å². The van der Waals surface area contributed by atoms with Crippen molar-refractivity contribution in [1.29, 1.82) is 0 Å². The van der Waals surface area contributed by atoms with Crippen molar-refractivity contribution in [3.63, 3.8) is 0 Å². The fraction of sp³-hybridized carbons (Fsp3) is 0.111. The average Bonchev–Trinajstić information content (AvgIpc) is 3.36. The van der Waals surface area contributed by atoms with Crippen molar-refractivity contribution in [2.75, 3.05) is 0 Å². The highest BCUT2D eigenvalue weighted by Gasteiger charge is 2.35. The molecule has 0 unspecified atom stereocenters. The van der Waals surface area contributed by atoms with Gasteiger partial charge in [-0.1, -0.05) is 47.5 Å². The van der Waals surface area contributed by atoms with Crippen LogP contribution >= 0.6 is 23.2 Å². The molecule has 3 aromatic carbocycles. The molecule has 2 heterocycles. The number of aromatic amines is 1. The van der Waals surface area contributed by atoms with E-state index in [1.165, 1.54) is 0 Å². The highest BCUT2D eigenvalue weighted by Crippen LogP contribution is 2.38. The molecule has 0 spiro atoms. The van der Waals surface area contributed by atoms with Crippen molar-refractivity contribution in [2.24, 2.45) is 12.8 Å². The number of H-pyrrole nitrogens is 1. The zero-order valence-electron chi connectivity index (χ0n) is 18.6. The molecule has 2 aromatic heterocycles. The number of nitrogens with two attached hydrogens (primary N) is 1. The molecule has 1 atom stereocenters. The monoisotopic (exact) mass is 488 g/mol. The van der Waals surface area contributed by atoms with E-state index in [-0.39, 0.29) is 5.56 Å². The number of aromatic nitrogens is 3. The van der Waals surface area contributed by atoms with Crippen LogP contribution in [0.1, 0.15) is 22.4 Å². The zero-order chi connectivity index (χ0) is 24.0. The summed E-state index contributed by atoms with van der Waals surface area (Å²) in [5, 5.41) is 2.14. The number of hydrogen-bond donors (Lipinski definition) is 2. The van der Waals surface area contributed by atoms with Gasteiger partial charge in [-0.3, -0.25) is 4.79 Å². The Labute approximate surface area is 206 Å². The second kappa shape index (κ2) is 8.44. The van der Waals surface area contributed by atoms with Crippen molar-refractivity contribution in [1.82, 2.24) is 14.5 Å². The Hall–Kier alpha value is -3.38. The highest BCUT2D eigenvalue weighted by atomic mass is 35.5. The summed E-state index contributed by atoms with van der Waals surface area (Å²) in [5.74, 6) is 0. The molecule has 0 saturated heterocycles. The Morgan fingerprint density at radius 2 is 1.79 bits per heavy atom. The number of pyridine rings is 1. The zero-order valence-corrected chi connectivity index (χ0v) is 20.2. The molecule has 0 aliphatic heterocycles. The number of nitrogens with one attached hydrogen (secondary N) is 1. The van der Waals surface area contributed by atoms with E-state index >= 15 is 0 Å². The van der Waals surface area contributed by atoms with Gasteiger partial charge in [0, 0.05) is 28.5 Å². The van der Waals surface area contributed by atoms with E-state index in [0.717, 1.165) is 44.4 Å². The second-order valence-corrected chi connectivity index (χ2v) is 9.30. The van der Waals surface area contributed by atoms with Crippen molar-refractivity contribution in [3.05, 3.63) is 122 Å². The summed E-state index contributed by atoms with van der Waals surface area (Å²) in [6.45, 7) is 1.99. The lowest BCUT2D eigenvalue weighted by atomic mass is 9.78. The van der Waals surface area contributed by atoms with Gasteiger partial charge in [0.25, 0.3) is 5.56 Å². The van der Waals surface area contributed by atoms with E-state index < -0.39 is 5.54 Å². The van der Waals surface area contributed by atoms with Gasteiger partial charge in [-0.25, -0.2) is 4.98 Å². The van der Waals surface area contributed by atoms with Crippen LogP contribution < -0.4 is 11.3 Å². The molecule has 0 aliphatic carbocycles. The average molecular weight is 489 g/mol. The topological polar surface area (TPSA) is 76.7 Å². The second-order valence-electron chi connectivity index (χ2n) is 8.43. The summed E-state index contributed by atoms with van der Waals surface area (Å²) in [6, 6.07) is 20.7. The normalized spacial score (nSPS) is 13.2. The third-order valence-corrected chi connectivity index (χ3v) is 6.84. The number of benzene rings is 3. The van der Waals surface area contributed by atoms with E-state index in [1.807, 2.05) is 67.6 Å². The Morgan fingerprint density at radius 1 is 1.00 bits per heavy atom. The quantitative estimate of drug-likeness (QED) is 0.335. The lowest BCUT2D eigenvalue weighted by molar-refractivity contribution is 0.629. The number of nitrogens with zero attached hydrogens (tertiary/aromatic N) is 2. The van der Waals surface area contributed by atoms with Crippen LogP contribution in [0.2, 0.25) is 10.0 Å². The number of fused-ring (bicyclic) bond motifs is 1. The molecule has 0 aliphatic rings. The van der Waals surface area contributed by atoms with Gasteiger partial charge in [0.15, 0.2) is 0 Å². The van der Waals surface area contributed by atoms with Crippen molar-refractivity contribution < 1.29 is 0 Å². The predicted molar refractivity (Wildman–Crippen MR) is 138 cm³/mol. The van der Waals surface area contributed by atoms with Crippen LogP contribution in [-0.2, 0) is 12.6 Å². The molecule has 5 rings (SSSR count). The molecule has 7 heteroatoms. The van der Waals surface area contributed by atoms with Crippen molar-refractivity contribution in [2.45, 2.75) is 12.5 Å². The number of halogens is 2. The van der Waals surface area contributed by atoms with Crippen LogP contribution in [0.15, 0.2) is 84.0 Å². The number of hydrogen-bond acceptors (Lipinski definition) is 3. The lowest BCUT2D eigenvalue weighted by Gasteiger charge is -2.31. The minimum absolute atomic E-state index is 0.101. The van der Waals surface area contributed by atoms with Crippen LogP contribution in [0.3, 0.4) is 0 Å². The SMILES string of the molecule is Cc1cc(Cl)ccc1[C@@](N)(c1ccc2c(c1)c(-c1cccc(Cl)c1)cc(=O)n2C)c1cnc[nH]1. The number of imidazole rings is 1. The van der Waals surface area contributed by atoms with Gasteiger partial charge in [0.2, 0.25) is 0 Å². The predicted octanol–water partition coefficient (Wildman–Crippen LogP) is 5.79. The van der Waals surface area contributed by atoms with Crippen LogP contribution in [0, 0.1) is 6.92 Å². The largest absolute Gasteiger partial charge is 0.346 e. The fourth-order valence-electron chi connectivity index (χ4n) is 4.60.